The second-order valence-corrected chi connectivity index (χ2v) is 6.42. The van der Waals surface area contributed by atoms with Crippen LogP contribution < -0.4 is 0 Å². The molecule has 0 amide bonds. The summed E-state index contributed by atoms with van der Waals surface area (Å²) in [7, 11) is 0. The molecule has 5 atom stereocenters. The van der Waals surface area contributed by atoms with Crippen molar-refractivity contribution in [2.75, 3.05) is 6.61 Å². The van der Waals surface area contributed by atoms with Gasteiger partial charge in [-0.05, 0) is 43.4 Å². The first-order valence-electron chi connectivity index (χ1n) is 7.39. The molecule has 2 heteroatoms. The number of ether oxygens (including phenoxy) is 1. The first kappa shape index (κ1) is 13.4. The van der Waals surface area contributed by atoms with Crippen molar-refractivity contribution in [3.8, 4) is 0 Å². The molecule has 1 N–H and O–H groups in total. The highest BCUT2D eigenvalue weighted by Gasteiger charge is 2.43. The van der Waals surface area contributed by atoms with Crippen molar-refractivity contribution in [3.05, 3.63) is 0 Å². The summed E-state index contributed by atoms with van der Waals surface area (Å²) in [6.07, 6.45) is 6.70. The minimum Gasteiger partial charge on any atom is -0.389 e. The highest BCUT2D eigenvalue weighted by molar-refractivity contribution is 4.94. The average Bonchev–Trinajstić information content (AvgIpc) is 2.32. The van der Waals surface area contributed by atoms with Crippen LogP contribution in [0.4, 0.5) is 0 Å². The topological polar surface area (TPSA) is 29.5 Å². The molecule has 0 aromatic heterocycles. The normalized spacial score (nSPS) is 48.0. The molecule has 0 aromatic carbocycles. The Balaban J connectivity index is 2.00. The van der Waals surface area contributed by atoms with E-state index in [0.29, 0.717) is 5.92 Å². The van der Waals surface area contributed by atoms with Crippen molar-refractivity contribution in [2.45, 2.75) is 71.0 Å². The minimum atomic E-state index is -0.437. The molecule has 2 nitrogen and oxygen atoms in total. The van der Waals surface area contributed by atoms with Gasteiger partial charge in [0, 0.05) is 13.0 Å². The van der Waals surface area contributed by atoms with Gasteiger partial charge >= 0.3 is 0 Å². The summed E-state index contributed by atoms with van der Waals surface area (Å²) in [5.41, 5.74) is -0.437. The van der Waals surface area contributed by atoms with Gasteiger partial charge in [-0.3, -0.25) is 0 Å². The molecule has 0 bridgehead atoms. The molecule has 1 aliphatic heterocycles. The molecule has 0 radical (unpaired) electrons. The first-order chi connectivity index (χ1) is 8.05. The number of hydrogen-bond donors (Lipinski definition) is 1. The first-order valence-corrected chi connectivity index (χ1v) is 7.39. The van der Waals surface area contributed by atoms with Crippen molar-refractivity contribution in [1.82, 2.24) is 0 Å². The van der Waals surface area contributed by atoms with Crippen molar-refractivity contribution < 1.29 is 9.84 Å². The van der Waals surface area contributed by atoms with Crippen molar-refractivity contribution >= 4 is 0 Å². The second-order valence-electron chi connectivity index (χ2n) is 6.42. The minimum absolute atomic E-state index is 0.281. The van der Waals surface area contributed by atoms with Crippen LogP contribution in [-0.4, -0.2) is 23.4 Å². The Morgan fingerprint density at radius 1 is 1.24 bits per heavy atom. The van der Waals surface area contributed by atoms with Gasteiger partial charge in [-0.1, -0.05) is 27.2 Å². The summed E-state index contributed by atoms with van der Waals surface area (Å²) in [6.45, 7) is 7.60. The Bertz CT molecular complexity index is 253. The summed E-state index contributed by atoms with van der Waals surface area (Å²) in [5, 5.41) is 10.9. The largest absolute Gasteiger partial charge is 0.389 e. The third-order valence-corrected chi connectivity index (χ3v) is 5.28. The maximum Gasteiger partial charge on any atom is 0.0722 e. The van der Waals surface area contributed by atoms with Crippen LogP contribution >= 0.6 is 0 Å². The number of rotatable bonds is 2. The second kappa shape index (κ2) is 5.27. The van der Waals surface area contributed by atoms with E-state index in [1.807, 2.05) is 0 Å². The molecule has 1 aliphatic carbocycles. The molecule has 1 heterocycles. The van der Waals surface area contributed by atoms with Crippen LogP contribution in [0, 0.1) is 17.8 Å². The van der Waals surface area contributed by atoms with E-state index in [2.05, 4.69) is 20.8 Å². The quantitative estimate of drug-likeness (QED) is 0.802. The monoisotopic (exact) mass is 240 g/mol. The van der Waals surface area contributed by atoms with Crippen molar-refractivity contribution in [1.29, 1.82) is 0 Å². The van der Waals surface area contributed by atoms with E-state index in [9.17, 15) is 5.11 Å². The van der Waals surface area contributed by atoms with Gasteiger partial charge in [0.15, 0.2) is 0 Å². The van der Waals surface area contributed by atoms with Crippen molar-refractivity contribution in [2.24, 2.45) is 17.8 Å². The molecule has 1 saturated heterocycles. The maximum atomic E-state index is 10.9. The van der Waals surface area contributed by atoms with Gasteiger partial charge in [0.05, 0.1) is 11.7 Å². The smallest absolute Gasteiger partial charge is 0.0722 e. The Morgan fingerprint density at radius 3 is 2.65 bits per heavy atom. The van der Waals surface area contributed by atoms with E-state index in [1.54, 1.807) is 0 Å². The molecular formula is C15H28O2. The Kier molecular flexibility index (Phi) is 4.14. The van der Waals surface area contributed by atoms with Gasteiger partial charge in [0.25, 0.3) is 0 Å². The molecule has 17 heavy (non-hydrogen) atoms. The maximum absolute atomic E-state index is 10.9. The van der Waals surface area contributed by atoms with E-state index in [0.717, 1.165) is 37.7 Å². The number of aliphatic hydroxyl groups is 1. The SMILES string of the molecule is CCC1CC(O)(C2CCC(C)C(C)C2)CCO1. The van der Waals surface area contributed by atoms with Crippen LogP contribution in [0.25, 0.3) is 0 Å². The third-order valence-electron chi connectivity index (χ3n) is 5.28. The number of hydrogen-bond acceptors (Lipinski definition) is 2. The fraction of sp³-hybridized carbons (Fsp3) is 1.00. The summed E-state index contributed by atoms with van der Waals surface area (Å²) >= 11 is 0. The van der Waals surface area contributed by atoms with Gasteiger partial charge in [0.2, 0.25) is 0 Å². The zero-order valence-corrected chi connectivity index (χ0v) is 11.6. The molecule has 0 aromatic rings. The summed E-state index contributed by atoms with van der Waals surface area (Å²) in [6, 6.07) is 0. The Hall–Kier alpha value is -0.0800. The van der Waals surface area contributed by atoms with E-state index >= 15 is 0 Å². The van der Waals surface area contributed by atoms with Crippen LogP contribution in [-0.2, 0) is 4.74 Å². The zero-order valence-electron chi connectivity index (χ0n) is 11.6. The molecule has 2 fully saturated rings. The van der Waals surface area contributed by atoms with Crippen molar-refractivity contribution in [3.63, 3.8) is 0 Å². The summed E-state index contributed by atoms with van der Waals surface area (Å²) < 4.78 is 5.70. The van der Waals surface area contributed by atoms with Gasteiger partial charge < -0.3 is 9.84 Å². The molecular weight excluding hydrogens is 212 g/mol. The van der Waals surface area contributed by atoms with E-state index < -0.39 is 5.60 Å². The van der Waals surface area contributed by atoms with Gasteiger partial charge in [-0.25, -0.2) is 0 Å². The van der Waals surface area contributed by atoms with Crippen LogP contribution in [0.15, 0.2) is 0 Å². The van der Waals surface area contributed by atoms with Crippen LogP contribution in [0.1, 0.15) is 59.3 Å². The molecule has 2 aliphatic rings. The summed E-state index contributed by atoms with van der Waals surface area (Å²) in [4.78, 5) is 0. The van der Waals surface area contributed by atoms with E-state index in [1.165, 1.54) is 19.3 Å². The van der Waals surface area contributed by atoms with Crippen LogP contribution in [0.5, 0.6) is 0 Å². The summed E-state index contributed by atoms with van der Waals surface area (Å²) in [5.74, 6) is 2.10. The lowest BCUT2D eigenvalue weighted by Gasteiger charge is -2.46. The lowest BCUT2D eigenvalue weighted by molar-refractivity contribution is -0.143. The zero-order chi connectivity index (χ0) is 12.5. The van der Waals surface area contributed by atoms with Crippen LogP contribution in [0.2, 0.25) is 0 Å². The highest BCUT2D eigenvalue weighted by atomic mass is 16.5. The lowest BCUT2D eigenvalue weighted by Crippen LogP contribution is -2.48. The standard InChI is InChI=1S/C15H28O2/c1-4-14-10-15(16,7-8-17-14)13-6-5-11(2)12(3)9-13/h11-14,16H,4-10H2,1-3H3. The molecule has 0 spiro atoms. The van der Waals surface area contributed by atoms with E-state index in [4.69, 9.17) is 4.74 Å². The molecule has 5 unspecified atom stereocenters. The molecule has 100 valence electrons. The van der Waals surface area contributed by atoms with Gasteiger partial charge in [-0.2, -0.15) is 0 Å². The van der Waals surface area contributed by atoms with Crippen LogP contribution in [0.3, 0.4) is 0 Å². The predicted molar refractivity (Wildman–Crippen MR) is 69.9 cm³/mol. The fourth-order valence-corrected chi connectivity index (χ4v) is 3.63. The van der Waals surface area contributed by atoms with Gasteiger partial charge in [-0.15, -0.1) is 0 Å². The predicted octanol–water partition coefficient (Wildman–Crippen LogP) is 3.38. The van der Waals surface area contributed by atoms with Gasteiger partial charge in [0.1, 0.15) is 0 Å². The fourth-order valence-electron chi connectivity index (χ4n) is 3.63. The molecule has 1 saturated carbocycles. The highest BCUT2D eigenvalue weighted by Crippen LogP contribution is 2.43. The average molecular weight is 240 g/mol. The Labute approximate surface area is 106 Å². The van der Waals surface area contributed by atoms with E-state index in [-0.39, 0.29) is 6.10 Å². The lowest BCUT2D eigenvalue weighted by atomic mass is 9.66. The third kappa shape index (κ3) is 2.85. The Morgan fingerprint density at radius 2 is 2.00 bits per heavy atom. The molecule has 2 rings (SSSR count).